The maximum absolute atomic E-state index is 12.5. The molecule has 2 N–H and O–H groups in total. The van der Waals surface area contributed by atoms with Crippen LogP contribution in [0.5, 0.6) is 0 Å². The number of carbonyl (C=O) groups is 3. The van der Waals surface area contributed by atoms with Crippen molar-refractivity contribution in [3.8, 4) is 0 Å². The Kier molecular flexibility index (Phi) is 7.63. The summed E-state index contributed by atoms with van der Waals surface area (Å²) < 4.78 is 0. The molecule has 1 aromatic carbocycles. The number of likely N-dealkylation sites (tertiary alicyclic amines) is 1. The molecule has 6 nitrogen and oxygen atoms in total. The van der Waals surface area contributed by atoms with Gasteiger partial charge in [-0.05, 0) is 43.9 Å². The quantitative estimate of drug-likeness (QED) is 0.782. The molecule has 3 amide bonds. The molecule has 1 atom stereocenters. The molecule has 1 heterocycles. The zero-order valence-corrected chi connectivity index (χ0v) is 15.7. The molecule has 1 saturated heterocycles. The van der Waals surface area contributed by atoms with Crippen LogP contribution in [0.2, 0.25) is 0 Å². The molecular weight excluding hydrogens is 330 g/mol. The fourth-order valence-corrected chi connectivity index (χ4v) is 3.21. The zero-order valence-electron chi connectivity index (χ0n) is 15.7. The van der Waals surface area contributed by atoms with E-state index in [0.29, 0.717) is 31.6 Å². The predicted molar refractivity (Wildman–Crippen MR) is 101 cm³/mol. The largest absolute Gasteiger partial charge is 0.352 e. The van der Waals surface area contributed by atoms with Gasteiger partial charge in [0.05, 0.1) is 5.92 Å². The third-order valence-electron chi connectivity index (χ3n) is 4.60. The second kappa shape index (κ2) is 9.94. The van der Waals surface area contributed by atoms with Crippen molar-refractivity contribution in [1.82, 2.24) is 15.5 Å². The molecule has 1 unspecified atom stereocenters. The molecule has 1 aliphatic rings. The minimum atomic E-state index is -0.156. The standard InChI is InChI=1S/C20H29N3O3/c1-3-7-18(24)23-11-6-10-17(14-23)20(26)22-13-15-8-5-9-16(12-15)19(25)21-4-2/h5,8-9,12,17H,3-4,6-7,10-11,13-14H2,1-2H3,(H,21,25)(H,22,26). The van der Waals surface area contributed by atoms with E-state index in [1.165, 1.54) is 0 Å². The van der Waals surface area contributed by atoms with Gasteiger partial charge < -0.3 is 15.5 Å². The Balaban J connectivity index is 1.89. The van der Waals surface area contributed by atoms with E-state index in [1.54, 1.807) is 12.1 Å². The van der Waals surface area contributed by atoms with Crippen molar-refractivity contribution in [2.45, 2.75) is 46.1 Å². The van der Waals surface area contributed by atoms with E-state index in [9.17, 15) is 14.4 Å². The Labute approximate surface area is 155 Å². The topological polar surface area (TPSA) is 78.5 Å². The molecule has 0 radical (unpaired) electrons. The molecule has 2 rings (SSSR count). The monoisotopic (exact) mass is 359 g/mol. The van der Waals surface area contributed by atoms with Crippen LogP contribution in [0.3, 0.4) is 0 Å². The first-order valence-corrected chi connectivity index (χ1v) is 9.47. The smallest absolute Gasteiger partial charge is 0.251 e. The highest BCUT2D eigenvalue weighted by atomic mass is 16.2. The van der Waals surface area contributed by atoms with E-state index in [-0.39, 0.29) is 23.6 Å². The summed E-state index contributed by atoms with van der Waals surface area (Å²) in [5, 5.41) is 5.72. The van der Waals surface area contributed by atoms with Gasteiger partial charge in [-0.15, -0.1) is 0 Å². The lowest BCUT2D eigenvalue weighted by Crippen LogP contribution is -2.45. The number of amides is 3. The summed E-state index contributed by atoms with van der Waals surface area (Å²) in [7, 11) is 0. The Hall–Kier alpha value is -2.37. The van der Waals surface area contributed by atoms with Gasteiger partial charge in [-0.2, -0.15) is 0 Å². The summed E-state index contributed by atoms with van der Waals surface area (Å²) >= 11 is 0. The Bertz CT molecular complexity index is 645. The average molecular weight is 359 g/mol. The Morgan fingerprint density at radius 1 is 1.19 bits per heavy atom. The third-order valence-corrected chi connectivity index (χ3v) is 4.60. The molecular formula is C20H29N3O3. The minimum absolute atomic E-state index is 0.0255. The van der Waals surface area contributed by atoms with Crippen LogP contribution in [0.4, 0.5) is 0 Å². The van der Waals surface area contributed by atoms with Crippen molar-refractivity contribution in [2.75, 3.05) is 19.6 Å². The van der Waals surface area contributed by atoms with Crippen LogP contribution >= 0.6 is 0 Å². The van der Waals surface area contributed by atoms with Gasteiger partial charge >= 0.3 is 0 Å². The summed E-state index contributed by atoms with van der Waals surface area (Å²) in [4.78, 5) is 38.3. The van der Waals surface area contributed by atoms with Crippen molar-refractivity contribution >= 4 is 17.7 Å². The molecule has 0 bridgehead atoms. The first-order valence-electron chi connectivity index (χ1n) is 9.47. The number of benzene rings is 1. The number of hydrogen-bond donors (Lipinski definition) is 2. The summed E-state index contributed by atoms with van der Waals surface area (Å²) in [5.74, 6) is -0.156. The van der Waals surface area contributed by atoms with Crippen molar-refractivity contribution in [1.29, 1.82) is 0 Å². The number of rotatable bonds is 7. The number of nitrogens with one attached hydrogen (secondary N) is 2. The minimum Gasteiger partial charge on any atom is -0.352 e. The first kappa shape index (κ1) is 19.9. The summed E-state index contributed by atoms with van der Waals surface area (Å²) in [6.07, 6.45) is 3.04. The normalized spacial score (nSPS) is 16.8. The van der Waals surface area contributed by atoms with Crippen molar-refractivity contribution < 1.29 is 14.4 Å². The molecule has 26 heavy (non-hydrogen) atoms. The van der Waals surface area contributed by atoms with Crippen molar-refractivity contribution in [2.24, 2.45) is 5.92 Å². The molecule has 6 heteroatoms. The SMILES string of the molecule is CCCC(=O)N1CCCC(C(=O)NCc2cccc(C(=O)NCC)c2)C1. The van der Waals surface area contributed by atoms with Gasteiger partial charge in [-0.3, -0.25) is 14.4 Å². The Morgan fingerprint density at radius 3 is 2.73 bits per heavy atom. The number of carbonyl (C=O) groups excluding carboxylic acids is 3. The van der Waals surface area contributed by atoms with Crippen LogP contribution in [-0.4, -0.2) is 42.3 Å². The molecule has 142 valence electrons. The molecule has 1 fully saturated rings. The highest BCUT2D eigenvalue weighted by molar-refractivity contribution is 5.94. The van der Waals surface area contributed by atoms with E-state index in [2.05, 4.69) is 10.6 Å². The Morgan fingerprint density at radius 2 is 2.00 bits per heavy atom. The maximum Gasteiger partial charge on any atom is 0.251 e. The van der Waals surface area contributed by atoms with Crippen LogP contribution in [0, 0.1) is 5.92 Å². The van der Waals surface area contributed by atoms with Crippen LogP contribution in [0.1, 0.15) is 55.5 Å². The lowest BCUT2D eigenvalue weighted by atomic mass is 9.96. The summed E-state index contributed by atoms with van der Waals surface area (Å²) in [6.45, 7) is 6.07. The lowest BCUT2D eigenvalue weighted by molar-refractivity contribution is -0.135. The van der Waals surface area contributed by atoms with Gasteiger partial charge in [0.1, 0.15) is 0 Å². The lowest BCUT2D eigenvalue weighted by Gasteiger charge is -2.32. The molecule has 0 saturated carbocycles. The van der Waals surface area contributed by atoms with Gasteiger partial charge in [0.25, 0.3) is 5.91 Å². The second-order valence-electron chi connectivity index (χ2n) is 6.71. The fraction of sp³-hybridized carbons (Fsp3) is 0.550. The van der Waals surface area contributed by atoms with Gasteiger partial charge in [-0.25, -0.2) is 0 Å². The van der Waals surface area contributed by atoms with Crippen molar-refractivity contribution in [3.05, 3.63) is 35.4 Å². The van der Waals surface area contributed by atoms with Crippen LogP contribution in [0.15, 0.2) is 24.3 Å². The summed E-state index contributed by atoms with van der Waals surface area (Å²) in [5.41, 5.74) is 1.48. The number of piperidine rings is 1. The maximum atomic E-state index is 12.5. The van der Waals surface area contributed by atoms with E-state index in [0.717, 1.165) is 31.4 Å². The third kappa shape index (κ3) is 5.58. The molecule has 0 spiro atoms. The summed E-state index contributed by atoms with van der Waals surface area (Å²) in [6, 6.07) is 7.26. The van der Waals surface area contributed by atoms with E-state index in [4.69, 9.17) is 0 Å². The molecule has 1 aromatic rings. The van der Waals surface area contributed by atoms with Gasteiger partial charge in [0.15, 0.2) is 0 Å². The van der Waals surface area contributed by atoms with E-state index >= 15 is 0 Å². The molecule has 0 aliphatic carbocycles. The zero-order chi connectivity index (χ0) is 18.9. The second-order valence-corrected chi connectivity index (χ2v) is 6.71. The average Bonchev–Trinajstić information content (AvgIpc) is 2.67. The van der Waals surface area contributed by atoms with Gasteiger partial charge in [0, 0.05) is 38.2 Å². The fourth-order valence-electron chi connectivity index (χ4n) is 3.21. The van der Waals surface area contributed by atoms with Gasteiger partial charge in [-0.1, -0.05) is 19.1 Å². The van der Waals surface area contributed by atoms with Crippen LogP contribution in [0.25, 0.3) is 0 Å². The molecule has 1 aliphatic heterocycles. The van der Waals surface area contributed by atoms with Gasteiger partial charge in [0.2, 0.25) is 11.8 Å². The number of nitrogens with zero attached hydrogens (tertiary/aromatic N) is 1. The molecule has 0 aromatic heterocycles. The van der Waals surface area contributed by atoms with Crippen LogP contribution in [-0.2, 0) is 16.1 Å². The van der Waals surface area contributed by atoms with E-state index in [1.807, 2.05) is 30.9 Å². The number of hydrogen-bond acceptors (Lipinski definition) is 3. The first-order chi connectivity index (χ1) is 12.5. The van der Waals surface area contributed by atoms with Crippen LogP contribution < -0.4 is 10.6 Å². The van der Waals surface area contributed by atoms with E-state index < -0.39 is 0 Å². The highest BCUT2D eigenvalue weighted by Crippen LogP contribution is 2.18. The predicted octanol–water partition coefficient (Wildman–Crippen LogP) is 2.09. The highest BCUT2D eigenvalue weighted by Gasteiger charge is 2.27. The van der Waals surface area contributed by atoms with Crippen molar-refractivity contribution in [3.63, 3.8) is 0 Å².